The highest BCUT2D eigenvalue weighted by Crippen LogP contribution is 2.53. The number of nitrogens with one attached hydrogen (secondary N) is 2. The van der Waals surface area contributed by atoms with E-state index >= 15 is 0 Å². The van der Waals surface area contributed by atoms with Crippen LogP contribution in [0, 0.1) is 5.92 Å². The Morgan fingerprint density at radius 2 is 1.72 bits per heavy atom. The molecule has 4 N–H and O–H groups in total. The van der Waals surface area contributed by atoms with Gasteiger partial charge in [0.15, 0.2) is 6.61 Å². The first-order chi connectivity index (χ1) is 18.1. The number of ether oxygens (including phenoxy) is 2. The zero-order valence-electron chi connectivity index (χ0n) is 20.5. The number of carboxylic acids is 2. The number of hydrogen-bond donors (Lipinski definition) is 4. The van der Waals surface area contributed by atoms with Gasteiger partial charge in [0.25, 0.3) is 5.91 Å². The molecule has 39 heavy (non-hydrogen) atoms. The molecule has 2 amide bonds. The van der Waals surface area contributed by atoms with Crippen LogP contribution in [0.4, 0.5) is 18.0 Å². The molecule has 2 atom stereocenters. The van der Waals surface area contributed by atoms with Gasteiger partial charge in [-0.3, -0.25) is 9.59 Å². The fraction of sp³-hybridized carbons (Fsp3) is 0.476. The topological polar surface area (TPSA) is 193 Å². The van der Waals surface area contributed by atoms with Gasteiger partial charge in [-0.15, -0.1) is 10.2 Å². The van der Waals surface area contributed by atoms with Crippen molar-refractivity contribution in [3.63, 3.8) is 0 Å². The molecule has 1 heterocycles. The number of carboxylic acid groups (broad SMARTS) is 2. The van der Waals surface area contributed by atoms with E-state index in [-0.39, 0.29) is 5.75 Å². The van der Waals surface area contributed by atoms with Crippen molar-refractivity contribution in [1.29, 1.82) is 0 Å². The van der Waals surface area contributed by atoms with E-state index in [1.54, 1.807) is 13.8 Å². The SMILES string of the molecule is COC(=O)SSC[C@H](NC(=O)COc1cc(C(=O)O)cc(C2(C(F)(F)F)N=N2)c1)C(=O)N[C@@H](C(=O)O)C(C)C. The molecule has 1 aliphatic rings. The number of rotatable bonds is 13. The van der Waals surface area contributed by atoms with Gasteiger partial charge in [-0.2, -0.15) is 13.2 Å². The summed E-state index contributed by atoms with van der Waals surface area (Å²) < 4.78 is 49.9. The minimum absolute atomic E-state index is 0.211. The number of halogens is 3. The highest BCUT2D eigenvalue weighted by atomic mass is 33.1. The molecule has 0 radical (unpaired) electrons. The second-order valence-electron chi connectivity index (χ2n) is 8.22. The minimum Gasteiger partial charge on any atom is -0.484 e. The molecule has 0 aromatic heterocycles. The summed E-state index contributed by atoms with van der Waals surface area (Å²) in [4.78, 5) is 59.5. The van der Waals surface area contributed by atoms with Crippen LogP contribution in [0.25, 0.3) is 0 Å². The molecule has 0 saturated carbocycles. The molecule has 0 unspecified atom stereocenters. The van der Waals surface area contributed by atoms with E-state index in [1.165, 1.54) is 0 Å². The van der Waals surface area contributed by atoms with Gasteiger partial charge in [0.05, 0.1) is 12.7 Å². The summed E-state index contributed by atoms with van der Waals surface area (Å²) in [7, 11) is 2.58. The Hall–Kier alpha value is -3.54. The van der Waals surface area contributed by atoms with Gasteiger partial charge in [0, 0.05) is 22.1 Å². The normalized spacial score (nSPS) is 15.2. The number of hydrogen-bond acceptors (Lipinski definition) is 11. The number of nitrogens with zero attached hydrogens (tertiary/aromatic N) is 2. The van der Waals surface area contributed by atoms with Crippen LogP contribution in [0.3, 0.4) is 0 Å². The Bertz CT molecular complexity index is 1160. The van der Waals surface area contributed by atoms with Crippen molar-refractivity contribution in [3.8, 4) is 5.75 Å². The monoisotopic (exact) mass is 596 g/mol. The highest BCUT2D eigenvalue weighted by molar-refractivity contribution is 8.82. The molecule has 18 heteroatoms. The summed E-state index contributed by atoms with van der Waals surface area (Å²) in [5.41, 5.74) is -4.15. The predicted molar refractivity (Wildman–Crippen MR) is 130 cm³/mol. The van der Waals surface area contributed by atoms with Crippen molar-refractivity contribution >= 4 is 50.6 Å². The van der Waals surface area contributed by atoms with E-state index in [2.05, 4.69) is 25.6 Å². The standard InChI is InChI=1S/C21H23F3N4O9S2/c1-9(2)15(18(33)34)26-16(30)13(8-38-39-19(35)36-3)25-14(29)7-37-12-5-10(17(31)32)4-11(6-12)20(27-28-20)21(22,23)24/h4-6,9,13,15H,7-8H2,1-3H3,(H,25,29)(H,26,30)(H,31,32)(H,33,34)/t13-,15+/m0/s1. The largest absolute Gasteiger partial charge is 0.484 e. The Kier molecular flexibility index (Phi) is 10.6. The van der Waals surface area contributed by atoms with E-state index in [4.69, 9.17) is 4.74 Å². The van der Waals surface area contributed by atoms with Crippen LogP contribution >= 0.6 is 21.6 Å². The summed E-state index contributed by atoms with van der Waals surface area (Å²) in [5, 5.41) is 28.5. The first kappa shape index (κ1) is 31.7. The summed E-state index contributed by atoms with van der Waals surface area (Å²) in [6, 6.07) is -0.198. The zero-order valence-corrected chi connectivity index (χ0v) is 22.1. The predicted octanol–water partition coefficient (Wildman–Crippen LogP) is 2.80. The fourth-order valence-corrected chi connectivity index (χ4v) is 4.68. The van der Waals surface area contributed by atoms with Gasteiger partial charge in [-0.05, 0) is 24.1 Å². The first-order valence-electron chi connectivity index (χ1n) is 10.8. The van der Waals surface area contributed by atoms with E-state index in [1.807, 2.05) is 0 Å². The first-order valence-corrected chi connectivity index (χ1v) is 13.2. The summed E-state index contributed by atoms with van der Waals surface area (Å²) in [6.07, 6.45) is -4.94. The molecular weight excluding hydrogens is 573 g/mol. The Balaban J connectivity index is 2.16. The van der Waals surface area contributed by atoms with Crippen molar-refractivity contribution < 1.29 is 56.8 Å². The van der Waals surface area contributed by atoms with Crippen molar-refractivity contribution in [2.45, 2.75) is 37.8 Å². The number of amides is 2. The number of carbonyl (C=O) groups is 5. The maximum atomic E-state index is 13.4. The maximum absolute atomic E-state index is 13.4. The van der Waals surface area contributed by atoms with Crippen molar-refractivity contribution in [2.24, 2.45) is 16.1 Å². The summed E-state index contributed by atoms with van der Waals surface area (Å²) >= 11 is 0. The van der Waals surface area contributed by atoms with Crippen molar-refractivity contribution in [1.82, 2.24) is 10.6 Å². The number of benzene rings is 1. The van der Waals surface area contributed by atoms with Crippen LogP contribution in [0.15, 0.2) is 28.4 Å². The lowest BCUT2D eigenvalue weighted by molar-refractivity contribution is -0.166. The number of methoxy groups -OCH3 is 1. The second kappa shape index (κ2) is 13.0. The highest BCUT2D eigenvalue weighted by Gasteiger charge is 2.65. The molecule has 1 aliphatic heterocycles. The van der Waals surface area contributed by atoms with Crippen molar-refractivity contribution in [2.75, 3.05) is 19.5 Å². The van der Waals surface area contributed by atoms with E-state index in [0.29, 0.717) is 10.8 Å². The fourth-order valence-electron chi connectivity index (χ4n) is 2.97. The average molecular weight is 597 g/mol. The molecule has 0 bridgehead atoms. The van der Waals surface area contributed by atoms with Gasteiger partial charge < -0.3 is 30.3 Å². The Labute approximate surface area is 226 Å². The van der Waals surface area contributed by atoms with Crippen LogP contribution in [0.5, 0.6) is 5.75 Å². The lowest BCUT2D eigenvalue weighted by atomic mass is 10.00. The molecule has 0 spiro atoms. The van der Waals surface area contributed by atoms with Gasteiger partial charge in [-0.1, -0.05) is 24.6 Å². The van der Waals surface area contributed by atoms with Gasteiger partial charge in [0.1, 0.15) is 17.8 Å². The number of aromatic carboxylic acids is 1. The smallest absolute Gasteiger partial charge is 0.442 e. The van der Waals surface area contributed by atoms with Crippen LogP contribution < -0.4 is 15.4 Å². The third kappa shape index (κ3) is 8.47. The molecular formula is C21H23F3N4O9S2. The van der Waals surface area contributed by atoms with Crippen LogP contribution in [-0.2, 0) is 24.8 Å². The molecule has 0 fully saturated rings. The second-order valence-corrected chi connectivity index (χ2v) is 10.5. The molecule has 214 valence electrons. The summed E-state index contributed by atoms with van der Waals surface area (Å²) in [5.74, 6) is -5.86. The number of alkyl halides is 3. The summed E-state index contributed by atoms with van der Waals surface area (Å²) in [6.45, 7) is 2.24. The Morgan fingerprint density at radius 1 is 1.08 bits per heavy atom. The molecule has 1 aromatic rings. The van der Waals surface area contributed by atoms with Crippen LogP contribution in [-0.4, -0.2) is 77.0 Å². The molecule has 0 saturated heterocycles. The van der Waals surface area contributed by atoms with Crippen LogP contribution in [0.2, 0.25) is 0 Å². The average Bonchev–Trinajstić information content (AvgIpc) is 3.67. The van der Waals surface area contributed by atoms with Gasteiger partial charge >= 0.3 is 29.1 Å². The maximum Gasteiger partial charge on any atom is 0.442 e. The van der Waals surface area contributed by atoms with Gasteiger partial charge in [-0.25, -0.2) is 14.4 Å². The minimum atomic E-state index is -4.94. The lowest BCUT2D eigenvalue weighted by Gasteiger charge is -2.23. The molecule has 2 rings (SSSR count). The van der Waals surface area contributed by atoms with E-state index in [9.17, 15) is 47.4 Å². The molecule has 1 aromatic carbocycles. The number of carbonyl (C=O) groups excluding carboxylic acids is 3. The Morgan fingerprint density at radius 3 is 2.21 bits per heavy atom. The van der Waals surface area contributed by atoms with E-state index in [0.717, 1.165) is 36.1 Å². The quantitative estimate of drug-likeness (QED) is 0.193. The van der Waals surface area contributed by atoms with Crippen molar-refractivity contribution in [3.05, 3.63) is 29.3 Å². The van der Waals surface area contributed by atoms with E-state index < -0.39 is 82.4 Å². The van der Waals surface area contributed by atoms with Crippen LogP contribution in [0.1, 0.15) is 29.8 Å². The third-order valence-electron chi connectivity index (χ3n) is 5.03. The van der Waals surface area contributed by atoms with Gasteiger partial charge in [0.2, 0.25) is 5.91 Å². The third-order valence-corrected chi connectivity index (χ3v) is 7.09. The molecule has 0 aliphatic carbocycles. The lowest BCUT2D eigenvalue weighted by Crippen LogP contribution is -2.54. The zero-order chi connectivity index (χ0) is 29.5. The number of aliphatic carboxylic acids is 1. The molecule has 13 nitrogen and oxygen atoms in total.